The lowest BCUT2D eigenvalue weighted by Gasteiger charge is -2.13. The average Bonchev–Trinajstić information content (AvgIpc) is 3.10. The van der Waals surface area contributed by atoms with Gasteiger partial charge in [-0.1, -0.05) is 6.08 Å². The van der Waals surface area contributed by atoms with Crippen LogP contribution < -0.4 is 5.32 Å². The monoisotopic (exact) mass is 300 g/mol. The predicted molar refractivity (Wildman–Crippen MR) is 78.9 cm³/mol. The molecule has 2 rings (SSSR count). The molecule has 1 saturated carbocycles. The Morgan fingerprint density at radius 3 is 2.84 bits per heavy atom. The number of hydrogen-bond donors (Lipinski definition) is 1. The third-order valence-electron chi connectivity index (χ3n) is 3.18. The van der Waals surface area contributed by atoms with Gasteiger partial charge in [0.05, 0.1) is 0 Å². The van der Waals surface area contributed by atoms with Gasteiger partial charge >= 0.3 is 0 Å². The van der Waals surface area contributed by atoms with Crippen LogP contribution in [0, 0.1) is 6.92 Å². The van der Waals surface area contributed by atoms with Gasteiger partial charge < -0.3 is 5.32 Å². The molecule has 1 aliphatic rings. The van der Waals surface area contributed by atoms with E-state index in [0.717, 1.165) is 17.0 Å². The fraction of sp³-hybridized carbons (Fsp3) is 0.538. The third-order valence-corrected chi connectivity index (χ3v) is 6.69. The van der Waals surface area contributed by atoms with Crippen molar-refractivity contribution in [1.29, 1.82) is 0 Å². The second-order valence-corrected chi connectivity index (χ2v) is 8.31. The maximum absolute atomic E-state index is 12.3. The number of nitrogens with zero attached hydrogens (tertiary/aromatic N) is 1. The molecule has 1 aromatic heterocycles. The SMILES string of the molecule is C=CCN(C)S(=O)(=O)c1cc(C)c(CNC2CC2)s1. The smallest absolute Gasteiger partial charge is 0.252 e. The topological polar surface area (TPSA) is 49.4 Å². The van der Waals surface area contributed by atoms with Crippen LogP contribution in [0.1, 0.15) is 23.3 Å². The van der Waals surface area contributed by atoms with Gasteiger partial charge in [0.25, 0.3) is 10.0 Å². The summed E-state index contributed by atoms with van der Waals surface area (Å²) >= 11 is 1.36. The Kier molecular flexibility index (Phi) is 4.45. The van der Waals surface area contributed by atoms with Crippen molar-refractivity contribution in [3.8, 4) is 0 Å². The van der Waals surface area contributed by atoms with Gasteiger partial charge in [0.2, 0.25) is 0 Å². The van der Waals surface area contributed by atoms with Gasteiger partial charge in [0.1, 0.15) is 4.21 Å². The lowest BCUT2D eigenvalue weighted by atomic mass is 10.3. The number of rotatable bonds is 7. The van der Waals surface area contributed by atoms with Gasteiger partial charge in [-0.25, -0.2) is 8.42 Å². The Balaban J connectivity index is 2.15. The summed E-state index contributed by atoms with van der Waals surface area (Å²) in [7, 11) is -1.80. The summed E-state index contributed by atoms with van der Waals surface area (Å²) in [5.41, 5.74) is 1.05. The van der Waals surface area contributed by atoms with E-state index in [1.165, 1.54) is 28.5 Å². The first-order valence-corrected chi connectivity index (χ1v) is 8.60. The molecule has 4 nitrogen and oxygen atoms in total. The van der Waals surface area contributed by atoms with Crippen LogP contribution in [0.3, 0.4) is 0 Å². The van der Waals surface area contributed by atoms with Gasteiger partial charge in [-0.3, -0.25) is 0 Å². The second kappa shape index (κ2) is 5.75. The molecular formula is C13H20N2O2S2. The highest BCUT2D eigenvalue weighted by molar-refractivity contribution is 7.91. The molecule has 0 atom stereocenters. The Morgan fingerprint density at radius 1 is 1.58 bits per heavy atom. The quantitative estimate of drug-likeness (QED) is 0.785. The van der Waals surface area contributed by atoms with Crippen molar-refractivity contribution in [2.24, 2.45) is 0 Å². The van der Waals surface area contributed by atoms with Crippen molar-refractivity contribution in [3.05, 3.63) is 29.2 Å². The molecule has 0 amide bonds. The molecule has 0 spiro atoms. The Labute approximate surface area is 119 Å². The highest BCUT2D eigenvalue weighted by atomic mass is 32.2. The van der Waals surface area contributed by atoms with E-state index in [9.17, 15) is 8.42 Å². The molecule has 0 saturated heterocycles. The molecule has 0 aliphatic heterocycles. The molecule has 1 aromatic rings. The Hall–Kier alpha value is -0.690. The minimum absolute atomic E-state index is 0.328. The number of likely N-dealkylation sites (N-methyl/N-ethyl adjacent to an activating group) is 1. The first-order valence-electron chi connectivity index (χ1n) is 6.35. The van der Waals surface area contributed by atoms with Gasteiger partial charge in [0, 0.05) is 31.1 Å². The zero-order valence-corrected chi connectivity index (χ0v) is 13.0. The lowest BCUT2D eigenvalue weighted by Crippen LogP contribution is -2.26. The van der Waals surface area contributed by atoms with E-state index in [2.05, 4.69) is 11.9 Å². The molecule has 6 heteroatoms. The highest BCUT2D eigenvalue weighted by Crippen LogP contribution is 2.29. The van der Waals surface area contributed by atoms with Crippen LogP contribution in [0.5, 0.6) is 0 Å². The minimum atomic E-state index is -3.37. The molecule has 1 fully saturated rings. The van der Waals surface area contributed by atoms with E-state index >= 15 is 0 Å². The number of hydrogen-bond acceptors (Lipinski definition) is 4. The van der Waals surface area contributed by atoms with Gasteiger partial charge in [-0.2, -0.15) is 4.31 Å². The van der Waals surface area contributed by atoms with Gasteiger partial charge in [0.15, 0.2) is 0 Å². The normalized spacial score (nSPS) is 15.9. The van der Waals surface area contributed by atoms with Crippen molar-refractivity contribution < 1.29 is 8.42 Å². The molecule has 0 aromatic carbocycles. The summed E-state index contributed by atoms with van der Waals surface area (Å²) in [6, 6.07) is 2.40. The average molecular weight is 300 g/mol. The fourth-order valence-electron chi connectivity index (χ4n) is 1.75. The molecule has 106 valence electrons. The van der Waals surface area contributed by atoms with E-state index in [-0.39, 0.29) is 0 Å². The summed E-state index contributed by atoms with van der Waals surface area (Å²) < 4.78 is 26.4. The van der Waals surface area contributed by atoms with Crippen LogP contribution in [-0.4, -0.2) is 32.4 Å². The van der Waals surface area contributed by atoms with Crippen LogP contribution in [0.2, 0.25) is 0 Å². The Morgan fingerprint density at radius 2 is 2.26 bits per heavy atom. The maximum Gasteiger partial charge on any atom is 0.252 e. The van der Waals surface area contributed by atoms with Crippen molar-refractivity contribution in [2.45, 2.75) is 36.6 Å². The van der Waals surface area contributed by atoms with Crippen LogP contribution in [0.25, 0.3) is 0 Å². The van der Waals surface area contributed by atoms with Crippen LogP contribution in [0.4, 0.5) is 0 Å². The molecule has 1 heterocycles. The zero-order chi connectivity index (χ0) is 14.0. The van der Waals surface area contributed by atoms with Gasteiger partial charge in [-0.15, -0.1) is 17.9 Å². The van der Waals surface area contributed by atoms with E-state index < -0.39 is 10.0 Å². The Bertz CT molecular complexity index is 559. The number of nitrogens with one attached hydrogen (secondary N) is 1. The van der Waals surface area contributed by atoms with E-state index in [1.54, 1.807) is 19.2 Å². The fourth-order valence-corrected chi connectivity index (χ4v) is 4.64. The van der Waals surface area contributed by atoms with Crippen LogP contribution in [-0.2, 0) is 16.6 Å². The van der Waals surface area contributed by atoms with Crippen molar-refractivity contribution in [3.63, 3.8) is 0 Å². The standard InChI is InChI=1S/C13H20N2O2S2/c1-4-7-15(3)19(16,17)13-8-10(2)12(18-13)9-14-11-5-6-11/h4,8,11,14H,1,5-7,9H2,2-3H3. The third kappa shape index (κ3) is 3.45. The van der Waals surface area contributed by atoms with E-state index in [0.29, 0.717) is 16.8 Å². The first-order chi connectivity index (χ1) is 8.95. The summed E-state index contributed by atoms with van der Waals surface area (Å²) in [5.74, 6) is 0. The lowest BCUT2D eigenvalue weighted by molar-refractivity contribution is 0.501. The highest BCUT2D eigenvalue weighted by Gasteiger charge is 2.24. The maximum atomic E-state index is 12.3. The zero-order valence-electron chi connectivity index (χ0n) is 11.3. The molecule has 0 bridgehead atoms. The molecule has 19 heavy (non-hydrogen) atoms. The summed E-state index contributed by atoms with van der Waals surface area (Å²) in [6.07, 6.45) is 4.06. The number of thiophene rings is 1. The largest absolute Gasteiger partial charge is 0.309 e. The van der Waals surface area contributed by atoms with Crippen molar-refractivity contribution in [2.75, 3.05) is 13.6 Å². The second-order valence-electron chi connectivity index (χ2n) is 4.90. The predicted octanol–water partition coefficient (Wildman–Crippen LogP) is 2.12. The summed E-state index contributed by atoms with van der Waals surface area (Å²) in [4.78, 5) is 1.11. The number of aryl methyl sites for hydroxylation is 1. The molecule has 1 aliphatic carbocycles. The number of sulfonamides is 1. The summed E-state index contributed by atoms with van der Waals surface area (Å²) in [5, 5.41) is 3.42. The van der Waals surface area contributed by atoms with E-state index in [4.69, 9.17) is 0 Å². The minimum Gasteiger partial charge on any atom is -0.309 e. The van der Waals surface area contributed by atoms with Crippen LogP contribution in [0.15, 0.2) is 22.9 Å². The molecular weight excluding hydrogens is 280 g/mol. The van der Waals surface area contributed by atoms with E-state index in [1.807, 2.05) is 6.92 Å². The molecule has 0 unspecified atom stereocenters. The van der Waals surface area contributed by atoms with Crippen molar-refractivity contribution >= 4 is 21.4 Å². The first kappa shape index (κ1) is 14.7. The summed E-state index contributed by atoms with van der Waals surface area (Å²) in [6.45, 7) is 6.63. The van der Waals surface area contributed by atoms with Crippen molar-refractivity contribution in [1.82, 2.24) is 9.62 Å². The van der Waals surface area contributed by atoms with Crippen LogP contribution >= 0.6 is 11.3 Å². The molecule has 0 radical (unpaired) electrons. The van der Waals surface area contributed by atoms with Gasteiger partial charge in [-0.05, 0) is 31.4 Å². The molecule has 1 N–H and O–H groups in total.